The summed E-state index contributed by atoms with van der Waals surface area (Å²) in [7, 11) is -3.03. The Balaban J connectivity index is 2.03. The molecule has 0 amide bonds. The van der Waals surface area contributed by atoms with Gasteiger partial charge in [0, 0.05) is 18.6 Å². The van der Waals surface area contributed by atoms with Crippen LogP contribution in [0.3, 0.4) is 0 Å². The van der Waals surface area contributed by atoms with Crippen molar-refractivity contribution in [3.05, 3.63) is 10.6 Å². The summed E-state index contributed by atoms with van der Waals surface area (Å²) in [6, 6.07) is 0. The summed E-state index contributed by atoms with van der Waals surface area (Å²) in [6.45, 7) is 0.336. The van der Waals surface area contributed by atoms with Gasteiger partial charge in [-0.15, -0.1) is 5.10 Å². The average molecular weight is 445 g/mol. The third-order valence-electron chi connectivity index (χ3n) is 3.13. The zero-order chi connectivity index (χ0) is 20.2. The molecular formula is C12H14F3N5O4S3. The van der Waals surface area contributed by atoms with E-state index in [1.165, 1.54) is 4.68 Å². The summed E-state index contributed by atoms with van der Waals surface area (Å²) < 4.78 is 62.0. The summed E-state index contributed by atoms with van der Waals surface area (Å²) in [6.07, 6.45) is -2.07. The summed E-state index contributed by atoms with van der Waals surface area (Å²) in [5.74, 6) is -1.64. The number of tetrazole rings is 1. The van der Waals surface area contributed by atoms with Gasteiger partial charge in [-0.1, -0.05) is 17.8 Å². The number of hydrogen-bond donors (Lipinski definition) is 1. The summed E-state index contributed by atoms with van der Waals surface area (Å²) in [5, 5.41) is 20.0. The molecule has 0 aliphatic heterocycles. The Bertz CT molecular complexity index is 910. The number of halogens is 3. The predicted octanol–water partition coefficient (Wildman–Crippen LogP) is 2.21. The second-order valence-corrected chi connectivity index (χ2v) is 9.91. The SMILES string of the molecule is CS(=O)(=O)CCCCCn1nnnc1Sc1nc(C(F)(F)F)c(C(=O)O)s1. The number of alkyl halides is 3. The monoisotopic (exact) mass is 445 g/mol. The molecule has 0 unspecified atom stereocenters. The Labute approximate surface area is 159 Å². The zero-order valence-corrected chi connectivity index (χ0v) is 16.3. The lowest BCUT2D eigenvalue weighted by Gasteiger charge is -2.03. The second-order valence-electron chi connectivity index (χ2n) is 5.44. The van der Waals surface area contributed by atoms with E-state index in [0.717, 1.165) is 18.0 Å². The number of unbranched alkanes of at least 4 members (excludes halogenated alkanes) is 2. The zero-order valence-electron chi connectivity index (χ0n) is 13.8. The molecule has 15 heteroatoms. The van der Waals surface area contributed by atoms with Crippen molar-refractivity contribution in [2.45, 2.75) is 41.5 Å². The molecule has 0 aromatic carbocycles. The number of aryl methyl sites for hydroxylation is 1. The molecule has 0 radical (unpaired) electrons. The molecule has 2 aromatic rings. The molecule has 0 saturated carbocycles. The highest BCUT2D eigenvalue weighted by atomic mass is 32.2. The van der Waals surface area contributed by atoms with Gasteiger partial charge in [0.1, 0.15) is 14.7 Å². The van der Waals surface area contributed by atoms with Crippen LogP contribution in [-0.4, -0.2) is 56.7 Å². The molecule has 9 nitrogen and oxygen atoms in total. The summed E-state index contributed by atoms with van der Waals surface area (Å²) in [5.41, 5.74) is -1.46. The normalized spacial score (nSPS) is 12.4. The van der Waals surface area contributed by atoms with Crippen molar-refractivity contribution in [3.8, 4) is 0 Å². The first-order valence-electron chi connectivity index (χ1n) is 7.40. The van der Waals surface area contributed by atoms with Gasteiger partial charge >= 0.3 is 12.1 Å². The van der Waals surface area contributed by atoms with E-state index in [4.69, 9.17) is 5.11 Å². The Kier molecular flexibility index (Phi) is 6.80. The number of nitrogens with zero attached hydrogens (tertiary/aromatic N) is 5. The molecule has 0 fully saturated rings. The van der Waals surface area contributed by atoms with Crippen LogP contribution in [-0.2, 0) is 22.6 Å². The van der Waals surface area contributed by atoms with Crippen LogP contribution < -0.4 is 0 Å². The Morgan fingerprint density at radius 1 is 1.30 bits per heavy atom. The van der Waals surface area contributed by atoms with Crippen molar-refractivity contribution in [1.82, 2.24) is 25.2 Å². The smallest absolute Gasteiger partial charge is 0.435 e. The maximum absolute atomic E-state index is 12.9. The van der Waals surface area contributed by atoms with E-state index in [0.29, 0.717) is 37.1 Å². The van der Waals surface area contributed by atoms with Crippen molar-refractivity contribution in [2.24, 2.45) is 0 Å². The quantitative estimate of drug-likeness (QED) is 0.578. The minimum atomic E-state index is -4.88. The number of carboxylic acids is 1. The molecule has 2 aromatic heterocycles. The van der Waals surface area contributed by atoms with Crippen molar-refractivity contribution < 1.29 is 31.5 Å². The van der Waals surface area contributed by atoms with Crippen LogP contribution in [0.15, 0.2) is 9.50 Å². The summed E-state index contributed by atoms with van der Waals surface area (Å²) in [4.78, 5) is 13.5. The average Bonchev–Trinajstić information content (AvgIpc) is 3.13. The number of aromatic nitrogens is 5. The van der Waals surface area contributed by atoms with Gasteiger partial charge in [0.05, 0.1) is 0 Å². The van der Waals surface area contributed by atoms with Crippen molar-refractivity contribution in [1.29, 1.82) is 0 Å². The second kappa shape index (κ2) is 8.52. The minimum absolute atomic E-state index is 0.0709. The van der Waals surface area contributed by atoms with Gasteiger partial charge in [0.15, 0.2) is 10.0 Å². The van der Waals surface area contributed by atoms with Crippen LogP contribution >= 0.6 is 23.1 Å². The molecule has 1 N–H and O–H groups in total. The molecule has 0 atom stereocenters. The van der Waals surface area contributed by atoms with E-state index in [2.05, 4.69) is 20.5 Å². The topological polar surface area (TPSA) is 128 Å². The van der Waals surface area contributed by atoms with E-state index in [1.54, 1.807) is 0 Å². The third kappa shape index (κ3) is 6.42. The van der Waals surface area contributed by atoms with Gasteiger partial charge in [-0.25, -0.2) is 22.9 Å². The first kappa shape index (κ1) is 21.6. The molecule has 2 heterocycles. The van der Waals surface area contributed by atoms with Crippen LogP contribution in [0.4, 0.5) is 13.2 Å². The molecule has 0 bridgehead atoms. The lowest BCUT2D eigenvalue weighted by molar-refractivity contribution is -0.141. The minimum Gasteiger partial charge on any atom is -0.477 e. The van der Waals surface area contributed by atoms with E-state index >= 15 is 0 Å². The van der Waals surface area contributed by atoms with Crippen LogP contribution in [0.5, 0.6) is 0 Å². The van der Waals surface area contributed by atoms with E-state index in [9.17, 15) is 26.4 Å². The van der Waals surface area contributed by atoms with Crippen LogP contribution in [0.25, 0.3) is 0 Å². The molecule has 27 heavy (non-hydrogen) atoms. The van der Waals surface area contributed by atoms with Crippen molar-refractivity contribution in [2.75, 3.05) is 12.0 Å². The lowest BCUT2D eigenvalue weighted by atomic mass is 10.2. The van der Waals surface area contributed by atoms with E-state index in [-0.39, 0.29) is 15.2 Å². The van der Waals surface area contributed by atoms with Gasteiger partial charge in [0.2, 0.25) is 5.16 Å². The Morgan fingerprint density at radius 3 is 2.56 bits per heavy atom. The molecule has 150 valence electrons. The maximum atomic E-state index is 12.9. The first-order valence-corrected chi connectivity index (χ1v) is 11.1. The molecule has 0 saturated heterocycles. The van der Waals surface area contributed by atoms with Gasteiger partial charge in [-0.05, 0) is 35.0 Å². The Morgan fingerprint density at radius 2 is 2.00 bits per heavy atom. The highest BCUT2D eigenvalue weighted by Crippen LogP contribution is 2.38. The van der Waals surface area contributed by atoms with Crippen LogP contribution in [0.1, 0.15) is 34.6 Å². The van der Waals surface area contributed by atoms with Crippen molar-refractivity contribution >= 4 is 38.9 Å². The lowest BCUT2D eigenvalue weighted by Crippen LogP contribution is -2.11. The standard InChI is InChI=1S/C12H14F3N5O4S3/c1-27(23,24)6-4-2-3-5-20-10(17-18-19-20)26-11-16-8(12(13,14)15)7(25-11)9(21)22/h2-6H2,1H3,(H,21,22). The third-order valence-corrected chi connectivity index (χ3v) is 6.24. The number of aromatic carboxylic acids is 1. The number of carbonyl (C=O) groups is 1. The Hall–Kier alpha value is -1.74. The predicted molar refractivity (Wildman–Crippen MR) is 89.6 cm³/mol. The fourth-order valence-corrected chi connectivity index (χ4v) is 4.60. The van der Waals surface area contributed by atoms with E-state index < -0.39 is 32.6 Å². The van der Waals surface area contributed by atoms with Crippen LogP contribution in [0.2, 0.25) is 0 Å². The van der Waals surface area contributed by atoms with Crippen LogP contribution in [0, 0.1) is 0 Å². The number of carboxylic acid groups (broad SMARTS) is 1. The first-order chi connectivity index (χ1) is 12.5. The highest BCUT2D eigenvalue weighted by molar-refractivity contribution is 8.00. The number of rotatable bonds is 9. The van der Waals surface area contributed by atoms with E-state index in [1.807, 2.05) is 0 Å². The number of thiazole rings is 1. The van der Waals surface area contributed by atoms with Gasteiger partial charge < -0.3 is 5.11 Å². The fraction of sp³-hybridized carbons (Fsp3) is 0.583. The van der Waals surface area contributed by atoms with Gasteiger partial charge in [-0.2, -0.15) is 13.2 Å². The molecule has 2 rings (SSSR count). The van der Waals surface area contributed by atoms with Gasteiger partial charge in [0.25, 0.3) is 0 Å². The number of sulfone groups is 1. The highest BCUT2D eigenvalue weighted by Gasteiger charge is 2.40. The summed E-state index contributed by atoms with van der Waals surface area (Å²) >= 11 is 1.13. The largest absolute Gasteiger partial charge is 0.477 e. The van der Waals surface area contributed by atoms with Gasteiger partial charge in [-0.3, -0.25) is 0 Å². The fourth-order valence-electron chi connectivity index (χ4n) is 1.97. The number of hydrogen-bond acceptors (Lipinski definition) is 9. The molecule has 0 spiro atoms. The molecule has 0 aliphatic carbocycles. The molecular weight excluding hydrogens is 431 g/mol. The maximum Gasteiger partial charge on any atom is 0.435 e. The molecule has 0 aliphatic rings. The van der Waals surface area contributed by atoms with Crippen molar-refractivity contribution in [3.63, 3.8) is 0 Å².